The van der Waals surface area contributed by atoms with Gasteiger partial charge in [0.25, 0.3) is 11.5 Å². The number of nitrogens with one attached hydrogen (secondary N) is 1. The predicted molar refractivity (Wildman–Crippen MR) is 117 cm³/mol. The summed E-state index contributed by atoms with van der Waals surface area (Å²) in [5.74, 6) is -0.479. The number of rotatable bonds is 8. The summed E-state index contributed by atoms with van der Waals surface area (Å²) >= 11 is 0. The second kappa shape index (κ2) is 9.80. The topological polar surface area (TPSA) is 91.6 Å². The van der Waals surface area contributed by atoms with Crippen molar-refractivity contribution in [1.29, 1.82) is 0 Å². The quantitative estimate of drug-likeness (QED) is 0.563. The van der Waals surface area contributed by atoms with Gasteiger partial charge >= 0.3 is 5.97 Å². The van der Waals surface area contributed by atoms with Crippen molar-refractivity contribution in [2.45, 2.75) is 20.3 Å². The van der Waals surface area contributed by atoms with Crippen LogP contribution in [0.2, 0.25) is 0 Å². The van der Waals surface area contributed by atoms with Gasteiger partial charge in [-0.25, -0.2) is 4.68 Å². The Labute approximate surface area is 180 Å². The number of anilines is 1. The number of esters is 1. The van der Waals surface area contributed by atoms with Crippen LogP contribution in [0.15, 0.2) is 59.4 Å². The summed E-state index contributed by atoms with van der Waals surface area (Å²) in [4.78, 5) is 36.9. The van der Waals surface area contributed by atoms with Crippen LogP contribution in [0.1, 0.15) is 17.7 Å². The molecule has 162 valence electrons. The van der Waals surface area contributed by atoms with Gasteiger partial charge < -0.3 is 14.8 Å². The van der Waals surface area contributed by atoms with Crippen LogP contribution in [0.4, 0.5) is 5.69 Å². The smallest absolute Gasteiger partial charge is 0.309 e. The first-order valence-corrected chi connectivity index (χ1v) is 9.86. The van der Waals surface area contributed by atoms with Gasteiger partial charge in [-0.15, -0.1) is 0 Å². The summed E-state index contributed by atoms with van der Waals surface area (Å²) in [6.07, 6.45) is 0.00635. The Balaban J connectivity index is 1.53. The minimum Gasteiger partial charge on any atom is -0.493 e. The van der Waals surface area contributed by atoms with E-state index in [0.717, 1.165) is 5.56 Å². The second-order valence-electron chi connectivity index (χ2n) is 7.06. The Morgan fingerprint density at radius 3 is 2.48 bits per heavy atom. The van der Waals surface area contributed by atoms with Crippen molar-refractivity contribution in [2.24, 2.45) is 7.05 Å². The van der Waals surface area contributed by atoms with Gasteiger partial charge in [0.2, 0.25) is 0 Å². The van der Waals surface area contributed by atoms with Crippen LogP contribution >= 0.6 is 0 Å². The Bertz CT molecular complexity index is 1130. The maximum atomic E-state index is 12.8. The van der Waals surface area contributed by atoms with Crippen molar-refractivity contribution >= 4 is 17.6 Å². The van der Waals surface area contributed by atoms with Crippen molar-refractivity contribution in [2.75, 3.05) is 18.5 Å². The molecule has 1 amide bonds. The van der Waals surface area contributed by atoms with Crippen LogP contribution in [0.3, 0.4) is 0 Å². The molecule has 0 atom stereocenters. The van der Waals surface area contributed by atoms with Crippen molar-refractivity contribution in [3.63, 3.8) is 0 Å². The number of hydrogen-bond donors (Lipinski definition) is 1. The van der Waals surface area contributed by atoms with Crippen molar-refractivity contribution in [1.82, 2.24) is 9.36 Å². The van der Waals surface area contributed by atoms with Crippen LogP contribution < -0.4 is 15.6 Å². The van der Waals surface area contributed by atoms with Crippen molar-refractivity contribution in [3.8, 4) is 11.4 Å². The number of ether oxygens (including phenoxy) is 2. The average molecular weight is 423 g/mol. The SMILES string of the molecule is Cc1cccc(OCCC(=O)OCC(=O)Nc2c(C)n(C)n(-c3ccccc3)c2=O)c1. The lowest BCUT2D eigenvalue weighted by atomic mass is 10.2. The van der Waals surface area contributed by atoms with E-state index in [-0.39, 0.29) is 24.3 Å². The van der Waals surface area contributed by atoms with Gasteiger partial charge in [0, 0.05) is 7.05 Å². The van der Waals surface area contributed by atoms with E-state index in [0.29, 0.717) is 17.1 Å². The molecule has 0 spiro atoms. The van der Waals surface area contributed by atoms with Crippen LogP contribution in [0.25, 0.3) is 5.69 Å². The third-order valence-electron chi connectivity index (χ3n) is 4.75. The molecule has 0 aliphatic rings. The molecule has 0 unspecified atom stereocenters. The third kappa shape index (κ3) is 5.42. The lowest BCUT2D eigenvalue weighted by Gasteiger charge is -2.08. The molecule has 1 heterocycles. The summed E-state index contributed by atoms with van der Waals surface area (Å²) in [5, 5.41) is 2.55. The fraction of sp³-hybridized carbons (Fsp3) is 0.261. The Morgan fingerprint density at radius 1 is 1.03 bits per heavy atom. The number of para-hydroxylation sites is 1. The van der Waals surface area contributed by atoms with Gasteiger partial charge in [0.15, 0.2) is 6.61 Å². The predicted octanol–water partition coefficient (Wildman–Crippen LogP) is 2.74. The number of hydrogen-bond acceptors (Lipinski definition) is 5. The highest BCUT2D eigenvalue weighted by molar-refractivity contribution is 5.93. The molecule has 0 saturated carbocycles. The number of aromatic nitrogens is 2. The van der Waals surface area contributed by atoms with Crippen LogP contribution in [0.5, 0.6) is 5.75 Å². The maximum Gasteiger partial charge on any atom is 0.309 e. The molecule has 0 saturated heterocycles. The zero-order valence-corrected chi connectivity index (χ0v) is 17.8. The average Bonchev–Trinajstić information content (AvgIpc) is 2.96. The lowest BCUT2D eigenvalue weighted by molar-refractivity contribution is -0.147. The number of aryl methyl sites for hydroxylation is 1. The molecular formula is C23H25N3O5. The zero-order valence-electron chi connectivity index (χ0n) is 17.8. The zero-order chi connectivity index (χ0) is 22.4. The Morgan fingerprint density at radius 2 is 1.77 bits per heavy atom. The molecular weight excluding hydrogens is 398 g/mol. The minimum absolute atomic E-state index is 0.00635. The highest BCUT2D eigenvalue weighted by atomic mass is 16.5. The lowest BCUT2D eigenvalue weighted by Crippen LogP contribution is -2.26. The summed E-state index contributed by atoms with van der Waals surface area (Å²) in [6, 6.07) is 16.6. The van der Waals surface area contributed by atoms with Gasteiger partial charge in [-0.3, -0.25) is 19.1 Å². The van der Waals surface area contributed by atoms with E-state index in [4.69, 9.17) is 9.47 Å². The van der Waals surface area contributed by atoms with E-state index in [1.54, 1.807) is 36.9 Å². The van der Waals surface area contributed by atoms with Gasteiger partial charge in [-0.2, -0.15) is 0 Å². The van der Waals surface area contributed by atoms with Gasteiger partial charge in [-0.05, 0) is 43.7 Å². The fourth-order valence-corrected chi connectivity index (χ4v) is 3.06. The molecule has 0 fully saturated rings. The molecule has 2 aromatic carbocycles. The highest BCUT2D eigenvalue weighted by Gasteiger charge is 2.18. The van der Waals surface area contributed by atoms with Crippen molar-refractivity contribution in [3.05, 3.63) is 76.2 Å². The molecule has 31 heavy (non-hydrogen) atoms. The normalized spacial score (nSPS) is 10.5. The van der Waals surface area contributed by atoms with E-state index in [9.17, 15) is 14.4 Å². The molecule has 0 aliphatic carbocycles. The van der Waals surface area contributed by atoms with Gasteiger partial charge in [0.05, 0.1) is 24.4 Å². The molecule has 8 heteroatoms. The fourth-order valence-electron chi connectivity index (χ4n) is 3.06. The summed E-state index contributed by atoms with van der Waals surface area (Å²) in [6.45, 7) is 3.33. The van der Waals surface area contributed by atoms with Crippen LogP contribution in [-0.4, -0.2) is 34.5 Å². The molecule has 0 radical (unpaired) electrons. The number of nitrogens with zero attached hydrogens (tertiary/aromatic N) is 2. The number of carbonyl (C=O) groups excluding carboxylic acids is 2. The summed E-state index contributed by atoms with van der Waals surface area (Å²) in [5.41, 5.74) is 2.10. The van der Waals surface area contributed by atoms with E-state index < -0.39 is 18.5 Å². The minimum atomic E-state index is -0.584. The molecule has 0 bridgehead atoms. The monoisotopic (exact) mass is 423 g/mol. The molecule has 0 aliphatic heterocycles. The van der Waals surface area contributed by atoms with E-state index in [2.05, 4.69) is 5.32 Å². The van der Waals surface area contributed by atoms with Crippen LogP contribution in [-0.2, 0) is 21.4 Å². The first-order chi connectivity index (χ1) is 14.9. The number of amides is 1. The first kappa shape index (κ1) is 21.9. The van der Waals surface area contributed by atoms with Crippen LogP contribution in [0, 0.1) is 13.8 Å². The van der Waals surface area contributed by atoms with E-state index in [1.807, 2.05) is 43.3 Å². The van der Waals surface area contributed by atoms with Gasteiger partial charge in [-0.1, -0.05) is 30.3 Å². The first-order valence-electron chi connectivity index (χ1n) is 9.86. The van der Waals surface area contributed by atoms with Crippen molar-refractivity contribution < 1.29 is 19.1 Å². The standard InChI is InChI=1S/C23H25N3O5/c1-16-8-7-11-19(14-16)30-13-12-21(28)31-15-20(27)24-22-17(2)25(3)26(23(22)29)18-9-5-4-6-10-18/h4-11,14H,12-13,15H2,1-3H3,(H,24,27). The molecule has 8 nitrogen and oxygen atoms in total. The second-order valence-corrected chi connectivity index (χ2v) is 7.06. The molecule has 3 rings (SSSR count). The highest BCUT2D eigenvalue weighted by Crippen LogP contribution is 2.14. The largest absolute Gasteiger partial charge is 0.493 e. The third-order valence-corrected chi connectivity index (χ3v) is 4.75. The summed E-state index contributed by atoms with van der Waals surface area (Å²) in [7, 11) is 1.73. The molecule has 1 N–H and O–H groups in total. The number of benzene rings is 2. The Kier molecular flexibility index (Phi) is 6.92. The van der Waals surface area contributed by atoms with E-state index >= 15 is 0 Å². The summed E-state index contributed by atoms with van der Waals surface area (Å²) < 4.78 is 13.6. The Hall–Kier alpha value is -3.81. The van der Waals surface area contributed by atoms with Gasteiger partial charge in [0.1, 0.15) is 11.4 Å². The van der Waals surface area contributed by atoms with E-state index in [1.165, 1.54) is 4.68 Å². The number of carbonyl (C=O) groups is 2. The maximum absolute atomic E-state index is 12.8. The molecule has 1 aromatic heterocycles. The molecule has 3 aromatic rings.